The molecule has 0 radical (unpaired) electrons. The van der Waals surface area contributed by atoms with E-state index >= 15 is 0 Å². The third-order valence-electron chi connectivity index (χ3n) is 3.69. The molecule has 0 aliphatic heterocycles. The van der Waals surface area contributed by atoms with Crippen LogP contribution in [0, 0.1) is 3.57 Å². The molecule has 1 amide bonds. The van der Waals surface area contributed by atoms with Gasteiger partial charge in [-0.05, 0) is 71.0 Å². The molecule has 0 unspecified atom stereocenters. The van der Waals surface area contributed by atoms with E-state index < -0.39 is 10.0 Å². The quantitative estimate of drug-likeness (QED) is 0.404. The number of hydrogen-bond acceptors (Lipinski definition) is 7. The molecule has 11 heteroatoms. The third-order valence-corrected chi connectivity index (χ3v) is 6.14. The molecule has 0 atom stereocenters. The summed E-state index contributed by atoms with van der Waals surface area (Å²) in [6.45, 7) is 0.578. The Morgan fingerprint density at radius 1 is 1.04 bits per heavy atom. The van der Waals surface area contributed by atoms with Crippen LogP contribution in [0.15, 0.2) is 53.4 Å². The predicted molar refractivity (Wildman–Crippen MR) is 117 cm³/mol. The van der Waals surface area contributed by atoms with Crippen molar-refractivity contribution in [2.75, 3.05) is 17.2 Å². The first kappa shape index (κ1) is 20.6. The Morgan fingerprint density at radius 3 is 2.32 bits per heavy atom. The number of sulfonamides is 1. The van der Waals surface area contributed by atoms with E-state index in [-0.39, 0.29) is 10.8 Å². The van der Waals surface area contributed by atoms with Gasteiger partial charge >= 0.3 is 0 Å². The molecule has 28 heavy (non-hydrogen) atoms. The van der Waals surface area contributed by atoms with Crippen molar-refractivity contribution in [2.45, 2.75) is 11.3 Å². The smallest absolute Gasteiger partial charge is 0.257 e. The summed E-state index contributed by atoms with van der Waals surface area (Å²) in [7, 11) is -3.68. The first-order chi connectivity index (χ1) is 13.3. The zero-order valence-electron chi connectivity index (χ0n) is 14.4. The molecule has 2 aromatic carbocycles. The zero-order chi connectivity index (χ0) is 20.1. The summed E-state index contributed by atoms with van der Waals surface area (Å²) in [6.07, 6.45) is 0.662. The van der Waals surface area contributed by atoms with Crippen LogP contribution in [0.1, 0.15) is 15.9 Å². The van der Waals surface area contributed by atoms with E-state index in [0.717, 1.165) is 9.13 Å². The summed E-state index contributed by atoms with van der Waals surface area (Å²) in [5.74, 6) is -0.242. The average molecular weight is 529 g/mol. The molecule has 3 rings (SSSR count). The Kier molecular flexibility index (Phi) is 6.59. The first-order valence-corrected chi connectivity index (χ1v) is 11.5. The fourth-order valence-electron chi connectivity index (χ4n) is 2.28. The fourth-order valence-corrected chi connectivity index (χ4v) is 3.81. The molecule has 0 saturated carbocycles. The molecular formula is C17H16IN5O3S2. The average Bonchev–Trinajstić information content (AvgIpc) is 3.09. The maximum atomic E-state index is 12.2. The molecule has 3 aromatic rings. The summed E-state index contributed by atoms with van der Waals surface area (Å²) in [4.78, 5) is 12.3. The molecule has 0 spiro atoms. The largest absolute Gasteiger partial charge is 0.360 e. The molecule has 1 heterocycles. The molecule has 4 N–H and O–H groups in total. The summed E-state index contributed by atoms with van der Waals surface area (Å²) < 4.78 is 23.5. The van der Waals surface area contributed by atoms with E-state index in [1.165, 1.54) is 23.5 Å². The van der Waals surface area contributed by atoms with E-state index in [2.05, 4.69) is 43.4 Å². The highest BCUT2D eigenvalue weighted by Crippen LogP contribution is 2.21. The van der Waals surface area contributed by atoms with Gasteiger partial charge in [-0.2, -0.15) is 0 Å². The van der Waals surface area contributed by atoms with Crippen LogP contribution < -0.4 is 15.8 Å². The third kappa shape index (κ3) is 5.70. The van der Waals surface area contributed by atoms with Gasteiger partial charge in [-0.15, -0.1) is 10.2 Å². The molecule has 0 aliphatic carbocycles. The number of carbonyl (C=O) groups is 1. The number of hydrogen-bond donors (Lipinski definition) is 3. The topological polar surface area (TPSA) is 127 Å². The SMILES string of the molecule is NS(=O)(=O)c1ccc(CCNc2nnc(NC(=O)c3ccc(I)cc3)s2)cc1. The van der Waals surface area contributed by atoms with E-state index in [9.17, 15) is 13.2 Å². The number of nitrogens with two attached hydrogens (primary N) is 1. The van der Waals surface area contributed by atoms with Crippen LogP contribution in [-0.2, 0) is 16.4 Å². The number of benzene rings is 2. The van der Waals surface area contributed by atoms with Crippen LogP contribution >= 0.6 is 33.9 Å². The van der Waals surface area contributed by atoms with Gasteiger partial charge in [0.25, 0.3) is 5.91 Å². The lowest BCUT2D eigenvalue weighted by molar-refractivity contribution is 0.102. The Labute approximate surface area is 179 Å². The van der Waals surface area contributed by atoms with Gasteiger partial charge < -0.3 is 5.32 Å². The van der Waals surface area contributed by atoms with Crippen molar-refractivity contribution in [3.05, 3.63) is 63.2 Å². The van der Waals surface area contributed by atoms with E-state index in [1.54, 1.807) is 24.3 Å². The highest BCUT2D eigenvalue weighted by atomic mass is 127. The van der Waals surface area contributed by atoms with Crippen LogP contribution in [0.2, 0.25) is 0 Å². The van der Waals surface area contributed by atoms with Crippen molar-refractivity contribution in [1.29, 1.82) is 0 Å². The lowest BCUT2D eigenvalue weighted by atomic mass is 10.1. The van der Waals surface area contributed by atoms with E-state index in [1.807, 2.05) is 12.1 Å². The van der Waals surface area contributed by atoms with Gasteiger partial charge in [0.2, 0.25) is 20.3 Å². The van der Waals surface area contributed by atoms with Crippen LogP contribution in [0.3, 0.4) is 0 Å². The number of amides is 1. The monoisotopic (exact) mass is 529 g/mol. The normalized spacial score (nSPS) is 11.2. The number of aromatic nitrogens is 2. The second kappa shape index (κ2) is 8.94. The van der Waals surface area contributed by atoms with Crippen molar-refractivity contribution in [1.82, 2.24) is 10.2 Å². The summed E-state index contributed by atoms with van der Waals surface area (Å²) in [5.41, 5.74) is 1.50. The number of rotatable bonds is 7. The lowest BCUT2D eigenvalue weighted by Crippen LogP contribution is -2.12. The van der Waals surface area contributed by atoms with Crippen molar-refractivity contribution < 1.29 is 13.2 Å². The fraction of sp³-hybridized carbons (Fsp3) is 0.118. The van der Waals surface area contributed by atoms with Gasteiger partial charge in [-0.3, -0.25) is 10.1 Å². The maximum absolute atomic E-state index is 12.2. The molecule has 146 valence electrons. The van der Waals surface area contributed by atoms with Gasteiger partial charge in [-0.1, -0.05) is 23.5 Å². The molecule has 8 nitrogen and oxygen atoms in total. The summed E-state index contributed by atoms with van der Waals surface area (Å²) >= 11 is 3.41. The minimum absolute atomic E-state index is 0.0850. The Morgan fingerprint density at radius 2 is 1.68 bits per heavy atom. The van der Waals surface area contributed by atoms with E-state index in [0.29, 0.717) is 28.8 Å². The van der Waals surface area contributed by atoms with Crippen molar-refractivity contribution in [3.63, 3.8) is 0 Å². The molecule has 0 aliphatic rings. The second-order valence-corrected chi connectivity index (χ2v) is 9.52. The van der Waals surface area contributed by atoms with Crippen LogP contribution in [0.4, 0.5) is 10.3 Å². The highest BCUT2D eigenvalue weighted by molar-refractivity contribution is 14.1. The number of carbonyl (C=O) groups excluding carboxylic acids is 1. The number of halogens is 1. The Bertz CT molecular complexity index is 1070. The molecule has 0 bridgehead atoms. The lowest BCUT2D eigenvalue weighted by Gasteiger charge is -2.04. The Balaban J connectivity index is 1.50. The van der Waals surface area contributed by atoms with Crippen LogP contribution in [0.25, 0.3) is 0 Å². The predicted octanol–water partition coefficient (Wildman–Crippen LogP) is 2.70. The van der Waals surface area contributed by atoms with Gasteiger partial charge in [-0.25, -0.2) is 13.6 Å². The Hall–Kier alpha value is -2.09. The number of primary sulfonamides is 1. The van der Waals surface area contributed by atoms with Gasteiger partial charge in [0, 0.05) is 15.7 Å². The van der Waals surface area contributed by atoms with Crippen LogP contribution in [-0.4, -0.2) is 31.1 Å². The van der Waals surface area contributed by atoms with Gasteiger partial charge in [0.05, 0.1) is 4.90 Å². The standard InChI is InChI=1S/C17H16IN5O3S2/c18-13-5-3-12(4-6-13)15(24)21-17-23-22-16(27-17)20-10-9-11-1-7-14(8-2-11)28(19,25)26/h1-8H,9-10H2,(H,20,22)(H2,19,25,26)(H,21,23,24). The van der Waals surface area contributed by atoms with Crippen molar-refractivity contribution in [3.8, 4) is 0 Å². The highest BCUT2D eigenvalue weighted by Gasteiger charge is 2.10. The number of anilines is 2. The van der Waals surface area contributed by atoms with Crippen LogP contribution in [0.5, 0.6) is 0 Å². The number of nitrogens with one attached hydrogen (secondary N) is 2. The minimum Gasteiger partial charge on any atom is -0.360 e. The summed E-state index contributed by atoms with van der Waals surface area (Å²) in [6, 6.07) is 13.6. The van der Waals surface area contributed by atoms with Gasteiger partial charge in [0.1, 0.15) is 0 Å². The zero-order valence-corrected chi connectivity index (χ0v) is 18.2. The molecule has 0 fully saturated rings. The molecule has 1 aromatic heterocycles. The molecule has 0 saturated heterocycles. The van der Waals surface area contributed by atoms with E-state index in [4.69, 9.17) is 5.14 Å². The van der Waals surface area contributed by atoms with Crippen molar-refractivity contribution >= 4 is 60.1 Å². The minimum atomic E-state index is -3.68. The van der Waals surface area contributed by atoms with Crippen molar-refractivity contribution in [2.24, 2.45) is 5.14 Å². The maximum Gasteiger partial charge on any atom is 0.257 e. The molecular weight excluding hydrogens is 513 g/mol. The summed E-state index contributed by atoms with van der Waals surface area (Å²) in [5, 5.41) is 19.9. The number of nitrogens with zero attached hydrogens (tertiary/aromatic N) is 2. The second-order valence-electron chi connectivity index (χ2n) is 5.74. The van der Waals surface area contributed by atoms with Gasteiger partial charge in [0.15, 0.2) is 0 Å². The first-order valence-electron chi connectivity index (χ1n) is 8.07.